The number of fused-ring (bicyclic) bond motifs is 3. The van der Waals surface area contributed by atoms with Gasteiger partial charge in [-0.05, 0) is 62.6 Å². The Kier molecular flexibility index (Phi) is 5.75. The van der Waals surface area contributed by atoms with Crippen molar-refractivity contribution in [2.45, 2.75) is 45.1 Å². The molecule has 182 valence electrons. The van der Waals surface area contributed by atoms with Crippen LogP contribution in [0.3, 0.4) is 0 Å². The molecule has 2 aromatic rings. The van der Waals surface area contributed by atoms with Crippen molar-refractivity contribution >= 4 is 35.3 Å². The number of methoxy groups -OCH3 is 1. The van der Waals surface area contributed by atoms with Gasteiger partial charge >= 0.3 is 12.1 Å². The highest BCUT2D eigenvalue weighted by atomic mass is 19.1. The van der Waals surface area contributed by atoms with Crippen LogP contribution >= 0.6 is 0 Å². The van der Waals surface area contributed by atoms with E-state index >= 15 is 0 Å². The molecule has 0 aliphatic carbocycles. The fourth-order valence-corrected chi connectivity index (χ4v) is 4.59. The van der Waals surface area contributed by atoms with Gasteiger partial charge in [0.25, 0.3) is 0 Å². The molecule has 9 heteroatoms. The van der Waals surface area contributed by atoms with Gasteiger partial charge < -0.3 is 9.47 Å². The molecule has 0 saturated heterocycles. The van der Waals surface area contributed by atoms with Crippen LogP contribution in [0.15, 0.2) is 54.2 Å². The Morgan fingerprint density at radius 2 is 1.74 bits per heavy atom. The Morgan fingerprint density at radius 1 is 1.06 bits per heavy atom. The zero-order chi connectivity index (χ0) is 25.7. The summed E-state index contributed by atoms with van der Waals surface area (Å²) in [5, 5.41) is 0. The Morgan fingerprint density at radius 3 is 2.37 bits per heavy atom. The number of hydrogen-bond donors (Lipinski definition) is 0. The first-order chi connectivity index (χ1) is 16.4. The highest BCUT2D eigenvalue weighted by Gasteiger charge is 2.58. The van der Waals surface area contributed by atoms with Crippen molar-refractivity contribution in [1.82, 2.24) is 0 Å². The Labute approximate surface area is 201 Å². The SMILES string of the molecule is COC(=O)C1=CN(C(=O)OC(C)(C)C)c2ccccc2CC12C(=O)N(C(C)=O)c1ccc(F)cc12. The number of carbonyl (C=O) groups is 4. The van der Waals surface area contributed by atoms with Crippen LogP contribution in [-0.4, -0.2) is 36.6 Å². The first kappa shape index (κ1) is 24.1. The number of para-hydroxylation sites is 1. The van der Waals surface area contributed by atoms with E-state index in [0.717, 1.165) is 29.0 Å². The van der Waals surface area contributed by atoms with E-state index < -0.39 is 40.7 Å². The number of ether oxygens (including phenoxy) is 2. The highest BCUT2D eigenvalue weighted by molar-refractivity contribution is 6.26. The molecular formula is C26H25FN2O6. The number of imide groups is 1. The summed E-state index contributed by atoms with van der Waals surface area (Å²) in [5.41, 5.74) is -1.68. The molecule has 1 unspecified atom stereocenters. The summed E-state index contributed by atoms with van der Waals surface area (Å²) in [5.74, 6) is -2.87. The van der Waals surface area contributed by atoms with Crippen molar-refractivity contribution in [3.63, 3.8) is 0 Å². The zero-order valence-corrected chi connectivity index (χ0v) is 20.0. The van der Waals surface area contributed by atoms with Gasteiger partial charge in [0, 0.05) is 13.1 Å². The van der Waals surface area contributed by atoms with E-state index in [9.17, 15) is 23.6 Å². The maximum Gasteiger partial charge on any atom is 0.418 e. The zero-order valence-electron chi connectivity index (χ0n) is 20.0. The van der Waals surface area contributed by atoms with E-state index in [0.29, 0.717) is 11.3 Å². The van der Waals surface area contributed by atoms with Gasteiger partial charge in [0.1, 0.15) is 16.8 Å². The Hall–Kier alpha value is -4.01. The Balaban J connectivity index is 2.07. The lowest BCUT2D eigenvalue weighted by Gasteiger charge is -2.29. The number of carbonyl (C=O) groups excluding carboxylic acids is 4. The largest absolute Gasteiger partial charge is 0.466 e. The summed E-state index contributed by atoms with van der Waals surface area (Å²) in [7, 11) is 1.14. The smallest absolute Gasteiger partial charge is 0.418 e. The fourth-order valence-electron chi connectivity index (χ4n) is 4.59. The third-order valence-corrected chi connectivity index (χ3v) is 5.96. The number of esters is 1. The van der Waals surface area contributed by atoms with Crippen molar-refractivity contribution in [3.8, 4) is 0 Å². The number of amides is 3. The van der Waals surface area contributed by atoms with E-state index in [2.05, 4.69) is 0 Å². The van der Waals surface area contributed by atoms with E-state index in [-0.39, 0.29) is 23.2 Å². The lowest BCUT2D eigenvalue weighted by molar-refractivity contribution is -0.139. The molecule has 0 saturated carbocycles. The molecule has 8 nitrogen and oxygen atoms in total. The number of nitrogens with zero attached hydrogens (tertiary/aromatic N) is 2. The lowest BCUT2D eigenvalue weighted by atomic mass is 9.71. The van der Waals surface area contributed by atoms with Crippen LogP contribution < -0.4 is 9.80 Å². The second kappa shape index (κ2) is 8.33. The molecular weight excluding hydrogens is 455 g/mol. The van der Waals surface area contributed by atoms with Gasteiger partial charge in [-0.15, -0.1) is 0 Å². The summed E-state index contributed by atoms with van der Waals surface area (Å²) in [6, 6.07) is 10.4. The van der Waals surface area contributed by atoms with Crippen LogP contribution in [0.2, 0.25) is 0 Å². The van der Waals surface area contributed by atoms with Crippen LogP contribution in [0.1, 0.15) is 38.8 Å². The summed E-state index contributed by atoms with van der Waals surface area (Å²) >= 11 is 0. The average Bonchev–Trinajstić information content (AvgIpc) is 2.91. The third-order valence-electron chi connectivity index (χ3n) is 5.96. The molecule has 0 aromatic heterocycles. The lowest BCUT2D eigenvalue weighted by Crippen LogP contribution is -2.47. The highest BCUT2D eigenvalue weighted by Crippen LogP contribution is 2.51. The van der Waals surface area contributed by atoms with Crippen molar-refractivity contribution in [3.05, 3.63) is 71.2 Å². The topological polar surface area (TPSA) is 93.2 Å². The van der Waals surface area contributed by atoms with Gasteiger partial charge in [-0.3, -0.25) is 14.5 Å². The molecule has 2 aromatic carbocycles. The maximum atomic E-state index is 14.5. The van der Waals surface area contributed by atoms with Gasteiger partial charge in [0.05, 0.1) is 24.1 Å². The van der Waals surface area contributed by atoms with Crippen LogP contribution in [-0.2, 0) is 35.7 Å². The van der Waals surface area contributed by atoms with Gasteiger partial charge in [-0.2, -0.15) is 0 Å². The first-order valence-electron chi connectivity index (χ1n) is 11.0. The number of benzene rings is 2. The summed E-state index contributed by atoms with van der Waals surface area (Å²) < 4.78 is 25.1. The van der Waals surface area contributed by atoms with E-state index in [1.165, 1.54) is 19.2 Å². The van der Waals surface area contributed by atoms with Crippen molar-refractivity contribution in [2.24, 2.45) is 0 Å². The first-order valence-corrected chi connectivity index (χ1v) is 11.0. The number of anilines is 2. The minimum Gasteiger partial charge on any atom is -0.466 e. The number of hydrogen-bond acceptors (Lipinski definition) is 6. The third kappa shape index (κ3) is 3.86. The standard InChI is InChI=1S/C26H25FN2O6/c1-15(30)29-21-11-10-17(27)12-18(21)26(23(29)32)13-16-8-6-7-9-20(16)28(14-19(26)22(31)34-5)24(33)35-25(2,3)4/h6-12,14H,13H2,1-5H3. The second-order valence-electron chi connectivity index (χ2n) is 9.42. The van der Waals surface area contributed by atoms with Crippen LogP contribution in [0.5, 0.6) is 0 Å². The fraction of sp³-hybridized carbons (Fsp3) is 0.308. The van der Waals surface area contributed by atoms with Crippen molar-refractivity contribution < 1.29 is 33.0 Å². The average molecular weight is 480 g/mol. The maximum absolute atomic E-state index is 14.5. The monoisotopic (exact) mass is 480 g/mol. The number of halogens is 1. The molecule has 0 bridgehead atoms. The molecule has 2 heterocycles. The van der Waals surface area contributed by atoms with Crippen LogP contribution in [0.4, 0.5) is 20.6 Å². The molecule has 0 N–H and O–H groups in total. The van der Waals surface area contributed by atoms with Gasteiger partial charge in [-0.1, -0.05) is 18.2 Å². The van der Waals surface area contributed by atoms with Gasteiger partial charge in [0.15, 0.2) is 0 Å². The van der Waals surface area contributed by atoms with E-state index in [4.69, 9.17) is 9.47 Å². The van der Waals surface area contributed by atoms with Gasteiger partial charge in [-0.25, -0.2) is 18.9 Å². The molecule has 1 atom stereocenters. The molecule has 3 amide bonds. The van der Waals surface area contributed by atoms with Crippen LogP contribution in [0.25, 0.3) is 0 Å². The van der Waals surface area contributed by atoms with Crippen molar-refractivity contribution in [2.75, 3.05) is 16.9 Å². The minimum atomic E-state index is -1.82. The molecule has 1 spiro atoms. The summed E-state index contributed by atoms with van der Waals surface area (Å²) in [6.45, 7) is 6.31. The molecule has 2 aliphatic rings. The predicted octanol–water partition coefficient (Wildman–Crippen LogP) is 4.01. The van der Waals surface area contributed by atoms with Gasteiger partial charge in [0.2, 0.25) is 11.8 Å². The number of rotatable bonds is 1. The molecule has 0 radical (unpaired) electrons. The van der Waals surface area contributed by atoms with Crippen molar-refractivity contribution in [1.29, 1.82) is 0 Å². The normalized spacial score (nSPS) is 19.0. The molecule has 4 rings (SSSR count). The van der Waals surface area contributed by atoms with Crippen LogP contribution in [0, 0.1) is 5.82 Å². The quantitative estimate of drug-likeness (QED) is 0.573. The van der Waals surface area contributed by atoms with E-state index in [1.54, 1.807) is 45.0 Å². The summed E-state index contributed by atoms with van der Waals surface area (Å²) in [4.78, 5) is 55.0. The molecule has 35 heavy (non-hydrogen) atoms. The minimum absolute atomic E-state index is 0.123. The summed E-state index contributed by atoms with van der Waals surface area (Å²) in [6.07, 6.45) is 0.293. The molecule has 2 aliphatic heterocycles. The van der Waals surface area contributed by atoms with E-state index in [1.807, 2.05) is 0 Å². The Bertz CT molecular complexity index is 1290. The molecule has 0 fully saturated rings. The predicted molar refractivity (Wildman–Crippen MR) is 125 cm³/mol. The second-order valence-corrected chi connectivity index (χ2v) is 9.42.